The number of carbonyl (C=O) groups is 2. The van der Waals surface area contributed by atoms with Crippen LogP contribution in [0.5, 0.6) is 0 Å². The molecule has 0 aliphatic carbocycles. The molecule has 0 radical (unpaired) electrons. The number of benzene rings is 2. The maximum atomic E-state index is 12.7. The second-order valence-electron chi connectivity index (χ2n) is 4.95. The van der Waals surface area contributed by atoms with Gasteiger partial charge in [0.2, 0.25) is 0 Å². The SMILES string of the molecule is COC(=O)c1cccc(CNC(=O)c2cccc(C(F)(F)F)c2)c1. The van der Waals surface area contributed by atoms with Crippen molar-refractivity contribution in [3.8, 4) is 0 Å². The summed E-state index contributed by atoms with van der Waals surface area (Å²) in [5.41, 5.74) is -0.0293. The predicted molar refractivity (Wildman–Crippen MR) is 80.4 cm³/mol. The van der Waals surface area contributed by atoms with Gasteiger partial charge in [-0.1, -0.05) is 18.2 Å². The molecule has 0 aromatic heterocycles. The number of hydrogen-bond acceptors (Lipinski definition) is 3. The number of carbonyl (C=O) groups excluding carboxylic acids is 2. The van der Waals surface area contributed by atoms with Crippen molar-refractivity contribution in [2.45, 2.75) is 12.7 Å². The summed E-state index contributed by atoms with van der Waals surface area (Å²) in [6.07, 6.45) is -4.51. The van der Waals surface area contributed by atoms with Crippen molar-refractivity contribution in [1.29, 1.82) is 0 Å². The Kier molecular flexibility index (Phi) is 5.23. The number of hydrogen-bond donors (Lipinski definition) is 1. The third-order valence-electron chi connectivity index (χ3n) is 3.25. The summed E-state index contributed by atoms with van der Waals surface area (Å²) < 4.78 is 42.6. The van der Waals surface area contributed by atoms with Gasteiger partial charge in [-0.05, 0) is 35.9 Å². The first kappa shape index (κ1) is 17.5. The Balaban J connectivity index is 2.07. The van der Waals surface area contributed by atoms with E-state index in [4.69, 9.17) is 0 Å². The lowest BCUT2D eigenvalue weighted by Gasteiger charge is -2.10. The van der Waals surface area contributed by atoms with E-state index in [9.17, 15) is 22.8 Å². The van der Waals surface area contributed by atoms with Gasteiger partial charge < -0.3 is 10.1 Å². The number of halogens is 3. The van der Waals surface area contributed by atoms with Gasteiger partial charge in [0.15, 0.2) is 0 Å². The van der Waals surface area contributed by atoms with E-state index in [1.54, 1.807) is 18.2 Å². The Morgan fingerprint density at radius 1 is 1.04 bits per heavy atom. The van der Waals surface area contributed by atoms with E-state index in [2.05, 4.69) is 10.1 Å². The van der Waals surface area contributed by atoms with Crippen molar-refractivity contribution >= 4 is 11.9 Å². The summed E-state index contributed by atoms with van der Waals surface area (Å²) >= 11 is 0. The van der Waals surface area contributed by atoms with Gasteiger partial charge in [0.25, 0.3) is 5.91 Å². The Morgan fingerprint density at radius 3 is 2.38 bits per heavy atom. The molecule has 0 bridgehead atoms. The van der Waals surface area contributed by atoms with Crippen molar-refractivity contribution in [1.82, 2.24) is 5.32 Å². The van der Waals surface area contributed by atoms with Crippen molar-refractivity contribution in [2.24, 2.45) is 0 Å². The summed E-state index contributed by atoms with van der Waals surface area (Å²) in [5.74, 6) is -1.15. The first-order chi connectivity index (χ1) is 11.3. The Labute approximate surface area is 136 Å². The second kappa shape index (κ2) is 7.16. The number of nitrogens with one attached hydrogen (secondary N) is 1. The standard InChI is InChI=1S/C17H14F3NO3/c1-24-16(23)13-6-2-4-11(8-13)10-21-15(22)12-5-3-7-14(9-12)17(18,19)20/h2-9H,10H2,1H3,(H,21,22). The van der Waals surface area contributed by atoms with E-state index >= 15 is 0 Å². The molecule has 24 heavy (non-hydrogen) atoms. The van der Waals surface area contributed by atoms with Crippen LogP contribution in [-0.2, 0) is 17.5 Å². The molecule has 2 aromatic rings. The van der Waals surface area contributed by atoms with Crippen molar-refractivity contribution in [2.75, 3.05) is 7.11 Å². The molecule has 0 saturated carbocycles. The summed E-state index contributed by atoms with van der Waals surface area (Å²) in [6, 6.07) is 10.6. The van der Waals surface area contributed by atoms with Gasteiger partial charge >= 0.3 is 12.1 Å². The molecule has 0 unspecified atom stereocenters. The summed E-state index contributed by atoms with van der Waals surface area (Å²) in [7, 11) is 1.25. The maximum Gasteiger partial charge on any atom is 0.416 e. The fourth-order valence-corrected chi connectivity index (χ4v) is 2.05. The summed E-state index contributed by atoms with van der Waals surface area (Å²) in [6.45, 7) is 0.0694. The van der Waals surface area contributed by atoms with Crippen molar-refractivity contribution in [3.63, 3.8) is 0 Å². The third-order valence-corrected chi connectivity index (χ3v) is 3.25. The highest BCUT2D eigenvalue weighted by molar-refractivity contribution is 5.94. The highest BCUT2D eigenvalue weighted by Gasteiger charge is 2.30. The number of alkyl halides is 3. The molecule has 1 N–H and O–H groups in total. The van der Waals surface area contributed by atoms with E-state index < -0.39 is 23.6 Å². The molecule has 0 aliphatic rings. The molecule has 0 aliphatic heterocycles. The van der Waals surface area contributed by atoms with Crippen molar-refractivity contribution in [3.05, 3.63) is 70.8 Å². The van der Waals surface area contributed by atoms with Gasteiger partial charge in [0.05, 0.1) is 18.2 Å². The smallest absolute Gasteiger partial charge is 0.416 e. The average molecular weight is 337 g/mol. The summed E-state index contributed by atoms with van der Waals surface area (Å²) in [5, 5.41) is 2.52. The molecule has 7 heteroatoms. The Bertz CT molecular complexity index is 757. The predicted octanol–water partition coefficient (Wildman–Crippen LogP) is 3.42. The molecule has 0 heterocycles. The Hall–Kier alpha value is -2.83. The van der Waals surface area contributed by atoms with E-state index in [0.29, 0.717) is 11.1 Å². The molecule has 0 fully saturated rings. The van der Waals surface area contributed by atoms with Gasteiger partial charge in [0.1, 0.15) is 0 Å². The average Bonchev–Trinajstić information content (AvgIpc) is 2.58. The largest absolute Gasteiger partial charge is 0.465 e. The van der Waals surface area contributed by atoms with E-state index in [1.807, 2.05) is 0 Å². The molecular weight excluding hydrogens is 323 g/mol. The molecule has 2 rings (SSSR count). The number of amides is 1. The monoisotopic (exact) mass is 337 g/mol. The highest BCUT2D eigenvalue weighted by atomic mass is 19.4. The van der Waals surface area contributed by atoms with Crippen LogP contribution in [0, 0.1) is 0 Å². The molecular formula is C17H14F3NO3. The summed E-state index contributed by atoms with van der Waals surface area (Å²) in [4.78, 5) is 23.4. The van der Waals surface area contributed by atoms with Crippen LogP contribution >= 0.6 is 0 Å². The first-order valence-electron chi connectivity index (χ1n) is 6.94. The topological polar surface area (TPSA) is 55.4 Å². The minimum atomic E-state index is -4.51. The number of ether oxygens (including phenoxy) is 1. The van der Waals surface area contributed by atoms with E-state index in [1.165, 1.54) is 25.3 Å². The van der Waals surface area contributed by atoms with Gasteiger partial charge in [-0.15, -0.1) is 0 Å². The highest BCUT2D eigenvalue weighted by Crippen LogP contribution is 2.29. The number of methoxy groups -OCH3 is 1. The first-order valence-corrected chi connectivity index (χ1v) is 6.94. The van der Waals surface area contributed by atoms with E-state index in [-0.39, 0.29) is 12.1 Å². The fraction of sp³-hybridized carbons (Fsp3) is 0.176. The minimum absolute atomic E-state index is 0.0694. The zero-order valence-electron chi connectivity index (χ0n) is 12.7. The van der Waals surface area contributed by atoms with Crippen LogP contribution in [0.4, 0.5) is 13.2 Å². The van der Waals surface area contributed by atoms with Crippen LogP contribution in [0.15, 0.2) is 48.5 Å². The van der Waals surface area contributed by atoms with Crippen LogP contribution in [0.1, 0.15) is 31.8 Å². The Morgan fingerprint density at radius 2 is 1.71 bits per heavy atom. The van der Waals surface area contributed by atoms with Crippen LogP contribution in [0.25, 0.3) is 0 Å². The molecule has 0 atom stereocenters. The zero-order chi connectivity index (χ0) is 17.7. The number of esters is 1. The molecule has 1 amide bonds. The molecule has 0 saturated heterocycles. The van der Waals surface area contributed by atoms with Crippen LogP contribution in [-0.4, -0.2) is 19.0 Å². The molecule has 126 valence electrons. The minimum Gasteiger partial charge on any atom is -0.465 e. The maximum absolute atomic E-state index is 12.7. The fourth-order valence-electron chi connectivity index (χ4n) is 2.05. The normalized spacial score (nSPS) is 11.0. The number of rotatable bonds is 4. The lowest BCUT2D eigenvalue weighted by atomic mass is 10.1. The van der Waals surface area contributed by atoms with Gasteiger partial charge in [-0.3, -0.25) is 4.79 Å². The quantitative estimate of drug-likeness (QED) is 0.870. The van der Waals surface area contributed by atoms with E-state index in [0.717, 1.165) is 12.1 Å². The van der Waals surface area contributed by atoms with Gasteiger partial charge in [0, 0.05) is 12.1 Å². The molecule has 4 nitrogen and oxygen atoms in total. The van der Waals surface area contributed by atoms with Crippen LogP contribution < -0.4 is 5.32 Å². The van der Waals surface area contributed by atoms with Gasteiger partial charge in [-0.25, -0.2) is 4.79 Å². The molecule has 0 spiro atoms. The molecule has 2 aromatic carbocycles. The lowest BCUT2D eigenvalue weighted by molar-refractivity contribution is -0.137. The van der Waals surface area contributed by atoms with Crippen LogP contribution in [0.2, 0.25) is 0 Å². The van der Waals surface area contributed by atoms with Crippen LogP contribution in [0.3, 0.4) is 0 Å². The van der Waals surface area contributed by atoms with Crippen molar-refractivity contribution < 1.29 is 27.5 Å². The lowest BCUT2D eigenvalue weighted by Crippen LogP contribution is -2.23. The second-order valence-corrected chi connectivity index (χ2v) is 4.95. The van der Waals surface area contributed by atoms with Gasteiger partial charge in [-0.2, -0.15) is 13.2 Å². The third kappa shape index (κ3) is 4.34. The zero-order valence-corrected chi connectivity index (χ0v) is 12.7.